The van der Waals surface area contributed by atoms with E-state index in [4.69, 9.17) is 10.8 Å². The molecule has 84 valence electrons. The van der Waals surface area contributed by atoms with Crippen LogP contribution in [-0.2, 0) is 17.8 Å². The molecule has 0 spiro atoms. The molecule has 0 amide bonds. The summed E-state index contributed by atoms with van der Waals surface area (Å²) in [5.74, 6) is -0.470. The monoisotopic (exact) mass is 227 g/mol. The maximum absolute atomic E-state index is 10.5. The van der Waals surface area contributed by atoms with Crippen LogP contribution in [-0.4, -0.2) is 11.1 Å². The van der Waals surface area contributed by atoms with Gasteiger partial charge in [-0.25, -0.2) is 0 Å². The van der Waals surface area contributed by atoms with E-state index in [1.54, 1.807) is 11.3 Å². The summed E-state index contributed by atoms with van der Waals surface area (Å²) in [7, 11) is 0. The van der Waals surface area contributed by atoms with E-state index in [1.165, 1.54) is 9.75 Å². The zero-order chi connectivity index (χ0) is 11.3. The molecule has 1 aromatic rings. The summed E-state index contributed by atoms with van der Waals surface area (Å²) in [5.41, 5.74) is 5.52. The predicted molar refractivity (Wildman–Crippen MR) is 61.9 cm³/mol. The smallest absolute Gasteiger partial charge is 0.303 e. The van der Waals surface area contributed by atoms with Gasteiger partial charge in [0, 0.05) is 22.7 Å². The average molecular weight is 227 g/mol. The zero-order valence-electron chi connectivity index (χ0n) is 8.90. The molecule has 3 nitrogen and oxygen atoms in total. The van der Waals surface area contributed by atoms with Crippen LogP contribution >= 0.6 is 11.3 Å². The molecule has 0 aliphatic carbocycles. The predicted octanol–water partition coefficient (Wildman–Crippen LogP) is 2.25. The first kappa shape index (κ1) is 12.2. The quantitative estimate of drug-likeness (QED) is 0.783. The Balaban J connectivity index is 2.33. The molecule has 1 atom stereocenters. The summed E-state index contributed by atoms with van der Waals surface area (Å²) in [4.78, 5) is 12.9. The normalized spacial score (nSPS) is 12.7. The average Bonchev–Trinajstić information content (AvgIpc) is 2.61. The van der Waals surface area contributed by atoms with E-state index >= 15 is 0 Å². The van der Waals surface area contributed by atoms with Crippen LogP contribution in [0.5, 0.6) is 0 Å². The van der Waals surface area contributed by atoms with E-state index in [0.29, 0.717) is 6.54 Å². The fourth-order valence-electron chi connectivity index (χ4n) is 1.46. The van der Waals surface area contributed by atoms with Crippen molar-refractivity contribution in [1.29, 1.82) is 0 Å². The molecule has 0 aromatic carbocycles. The Bertz CT molecular complexity index is 322. The summed E-state index contributed by atoms with van der Waals surface area (Å²) in [6.07, 6.45) is 2.14. The number of thiophene rings is 1. The molecule has 4 heteroatoms. The first-order valence-corrected chi connectivity index (χ1v) is 5.93. The van der Waals surface area contributed by atoms with Gasteiger partial charge >= 0.3 is 5.97 Å². The Labute approximate surface area is 93.9 Å². The minimum atomic E-state index is -0.712. The second kappa shape index (κ2) is 5.88. The Morgan fingerprint density at radius 1 is 1.53 bits per heavy atom. The van der Waals surface area contributed by atoms with E-state index < -0.39 is 5.97 Å². The van der Waals surface area contributed by atoms with Crippen molar-refractivity contribution in [3.8, 4) is 0 Å². The highest BCUT2D eigenvalue weighted by Gasteiger charge is 2.08. The molecule has 3 N–H and O–H groups in total. The number of nitrogens with two attached hydrogens (primary N) is 1. The lowest BCUT2D eigenvalue weighted by Gasteiger charge is -2.06. The summed E-state index contributed by atoms with van der Waals surface area (Å²) < 4.78 is 0. The molecule has 0 fully saturated rings. The summed E-state index contributed by atoms with van der Waals surface area (Å²) in [6.45, 7) is 2.57. The minimum absolute atomic E-state index is 0.242. The van der Waals surface area contributed by atoms with Crippen molar-refractivity contribution >= 4 is 17.3 Å². The highest BCUT2D eigenvalue weighted by Crippen LogP contribution is 2.20. The lowest BCUT2D eigenvalue weighted by molar-refractivity contribution is -0.138. The molecule has 0 unspecified atom stereocenters. The molecule has 0 saturated carbocycles. The molecule has 0 radical (unpaired) electrons. The van der Waals surface area contributed by atoms with E-state index in [0.717, 1.165) is 12.8 Å². The van der Waals surface area contributed by atoms with Crippen molar-refractivity contribution < 1.29 is 9.90 Å². The largest absolute Gasteiger partial charge is 0.481 e. The molecule has 1 aromatic heterocycles. The van der Waals surface area contributed by atoms with Crippen LogP contribution in [0.25, 0.3) is 0 Å². The molecule has 0 aliphatic rings. The third kappa shape index (κ3) is 4.44. The minimum Gasteiger partial charge on any atom is -0.481 e. The number of rotatable bonds is 6. The summed E-state index contributed by atoms with van der Waals surface area (Å²) in [5, 5.41) is 8.61. The van der Waals surface area contributed by atoms with Gasteiger partial charge in [0.25, 0.3) is 0 Å². The number of carbonyl (C=O) groups is 1. The van der Waals surface area contributed by atoms with E-state index in [1.807, 2.05) is 13.0 Å². The fraction of sp³-hybridized carbons (Fsp3) is 0.545. The van der Waals surface area contributed by atoms with Gasteiger partial charge in [-0.15, -0.1) is 11.3 Å². The topological polar surface area (TPSA) is 63.3 Å². The Morgan fingerprint density at radius 3 is 2.73 bits per heavy atom. The number of carboxylic acids is 1. The number of aliphatic carboxylic acids is 1. The first-order chi connectivity index (χ1) is 7.11. The molecular weight excluding hydrogens is 210 g/mol. The van der Waals surface area contributed by atoms with Gasteiger partial charge in [-0.3, -0.25) is 4.79 Å². The second-order valence-corrected chi connectivity index (χ2v) is 5.07. The van der Waals surface area contributed by atoms with Gasteiger partial charge in [0.05, 0.1) is 0 Å². The Hall–Kier alpha value is -0.870. The lowest BCUT2D eigenvalue weighted by Crippen LogP contribution is -2.04. The van der Waals surface area contributed by atoms with Gasteiger partial charge in [0.1, 0.15) is 0 Å². The highest BCUT2D eigenvalue weighted by atomic mass is 32.1. The lowest BCUT2D eigenvalue weighted by atomic mass is 10.0. The van der Waals surface area contributed by atoms with Crippen LogP contribution in [0.15, 0.2) is 12.1 Å². The summed E-state index contributed by atoms with van der Waals surface area (Å²) in [6, 6.07) is 4.13. The number of hydrogen-bond donors (Lipinski definition) is 2. The van der Waals surface area contributed by atoms with Gasteiger partial charge in [-0.2, -0.15) is 0 Å². The maximum atomic E-state index is 10.5. The SMILES string of the molecule is C[C@@H](CCc1ccc(CN)s1)CC(=O)O. The van der Waals surface area contributed by atoms with Crippen LogP contribution in [0.4, 0.5) is 0 Å². The van der Waals surface area contributed by atoms with Crippen molar-refractivity contribution in [2.24, 2.45) is 11.7 Å². The van der Waals surface area contributed by atoms with Crippen LogP contribution in [0, 0.1) is 5.92 Å². The molecule has 0 bridgehead atoms. The number of hydrogen-bond acceptors (Lipinski definition) is 3. The Kier molecular flexibility index (Phi) is 4.78. The second-order valence-electron chi connectivity index (χ2n) is 3.81. The molecule has 15 heavy (non-hydrogen) atoms. The third-order valence-corrected chi connectivity index (χ3v) is 3.49. The van der Waals surface area contributed by atoms with Crippen LogP contribution in [0.2, 0.25) is 0 Å². The van der Waals surface area contributed by atoms with E-state index in [-0.39, 0.29) is 12.3 Å². The van der Waals surface area contributed by atoms with Crippen LogP contribution < -0.4 is 5.73 Å². The zero-order valence-corrected chi connectivity index (χ0v) is 9.72. The van der Waals surface area contributed by atoms with Crippen molar-refractivity contribution in [1.82, 2.24) is 0 Å². The van der Waals surface area contributed by atoms with Crippen molar-refractivity contribution in [2.45, 2.75) is 32.7 Å². The van der Waals surface area contributed by atoms with Crippen molar-refractivity contribution in [2.75, 3.05) is 0 Å². The van der Waals surface area contributed by atoms with E-state index in [2.05, 4.69) is 6.07 Å². The van der Waals surface area contributed by atoms with Gasteiger partial charge in [-0.05, 0) is 30.9 Å². The van der Waals surface area contributed by atoms with Gasteiger partial charge < -0.3 is 10.8 Å². The number of aryl methyl sites for hydroxylation is 1. The van der Waals surface area contributed by atoms with Gasteiger partial charge in [-0.1, -0.05) is 6.92 Å². The van der Waals surface area contributed by atoms with Crippen molar-refractivity contribution in [3.63, 3.8) is 0 Å². The molecule has 0 aliphatic heterocycles. The van der Waals surface area contributed by atoms with Gasteiger partial charge in [0.15, 0.2) is 0 Å². The first-order valence-electron chi connectivity index (χ1n) is 5.11. The van der Waals surface area contributed by atoms with E-state index in [9.17, 15) is 4.79 Å². The Morgan fingerprint density at radius 2 is 2.20 bits per heavy atom. The standard InChI is InChI=1S/C11H17NO2S/c1-8(6-11(13)14)2-3-9-4-5-10(7-12)15-9/h4-5,8H,2-3,6-7,12H2,1H3,(H,13,14)/t8-/m0/s1. The summed E-state index contributed by atoms with van der Waals surface area (Å²) >= 11 is 1.72. The number of carboxylic acid groups (broad SMARTS) is 1. The molecule has 1 heterocycles. The molecule has 1 rings (SSSR count). The molecule has 0 saturated heterocycles. The highest BCUT2D eigenvalue weighted by molar-refractivity contribution is 7.11. The molecular formula is C11H17NO2S. The van der Waals surface area contributed by atoms with Gasteiger partial charge in [0.2, 0.25) is 0 Å². The van der Waals surface area contributed by atoms with Crippen LogP contribution in [0.1, 0.15) is 29.5 Å². The fourth-order valence-corrected chi connectivity index (χ4v) is 2.37. The third-order valence-electron chi connectivity index (χ3n) is 2.33. The maximum Gasteiger partial charge on any atom is 0.303 e. The van der Waals surface area contributed by atoms with Crippen LogP contribution in [0.3, 0.4) is 0 Å². The van der Waals surface area contributed by atoms with Crippen molar-refractivity contribution in [3.05, 3.63) is 21.9 Å².